The number of amides is 1. The SMILES string of the molecule is CN(C)[C@@H]1C(=O)C(C(N)=O)=C(O)[C@@]2(O)C(=O)C3=C(O)c4c(O)cc(Br)cc4C[C@H]3C[C@@H]12. The molecule has 1 saturated carbocycles. The van der Waals surface area contributed by atoms with Gasteiger partial charge < -0.3 is 26.2 Å². The van der Waals surface area contributed by atoms with Crippen molar-refractivity contribution in [1.29, 1.82) is 0 Å². The van der Waals surface area contributed by atoms with Crippen LogP contribution < -0.4 is 5.73 Å². The van der Waals surface area contributed by atoms with E-state index in [-0.39, 0.29) is 29.7 Å². The minimum atomic E-state index is -2.62. The van der Waals surface area contributed by atoms with Gasteiger partial charge in [-0.3, -0.25) is 19.3 Å². The fraction of sp³-hybridized carbons (Fsp3) is 0.381. The van der Waals surface area contributed by atoms with Gasteiger partial charge in [0.2, 0.25) is 5.78 Å². The Morgan fingerprint density at radius 1 is 1.23 bits per heavy atom. The van der Waals surface area contributed by atoms with Crippen molar-refractivity contribution in [3.05, 3.63) is 44.6 Å². The highest BCUT2D eigenvalue weighted by atomic mass is 79.9. The number of Topliss-reactive ketones (excluding diaryl/α,β-unsaturated/α-hetero) is 2. The second kappa shape index (κ2) is 6.91. The Labute approximate surface area is 185 Å². The number of aromatic hydroxyl groups is 1. The Bertz CT molecular complexity index is 1120. The quantitative estimate of drug-likeness (QED) is 0.377. The monoisotopic (exact) mass is 492 g/mol. The van der Waals surface area contributed by atoms with E-state index in [0.29, 0.717) is 10.0 Å². The van der Waals surface area contributed by atoms with Gasteiger partial charge in [0.15, 0.2) is 11.4 Å². The third-order valence-corrected chi connectivity index (χ3v) is 6.95. The molecule has 3 aliphatic carbocycles. The molecule has 0 saturated heterocycles. The van der Waals surface area contributed by atoms with Crippen molar-refractivity contribution in [1.82, 2.24) is 4.90 Å². The number of rotatable bonds is 2. The number of fused-ring (bicyclic) bond motifs is 3. The molecule has 1 aromatic carbocycles. The van der Waals surface area contributed by atoms with Crippen LogP contribution in [0, 0.1) is 11.8 Å². The third-order valence-electron chi connectivity index (χ3n) is 6.49. The number of halogens is 1. The zero-order valence-electron chi connectivity index (χ0n) is 16.7. The summed E-state index contributed by atoms with van der Waals surface area (Å²) in [6.07, 6.45) is 0.334. The molecular formula is C21H21BrN2O7. The van der Waals surface area contributed by atoms with Gasteiger partial charge in [0.05, 0.1) is 11.6 Å². The van der Waals surface area contributed by atoms with Crippen molar-refractivity contribution >= 4 is 39.2 Å². The lowest BCUT2D eigenvalue weighted by Crippen LogP contribution is -2.65. The molecule has 0 heterocycles. The summed E-state index contributed by atoms with van der Waals surface area (Å²) in [5, 5.41) is 43.4. The summed E-state index contributed by atoms with van der Waals surface area (Å²) in [7, 11) is 3.12. The minimum absolute atomic E-state index is 0.0685. The number of aliphatic hydroxyl groups is 3. The van der Waals surface area contributed by atoms with Crippen LogP contribution in [-0.4, -0.2) is 68.5 Å². The van der Waals surface area contributed by atoms with Crippen molar-refractivity contribution in [3.63, 3.8) is 0 Å². The number of phenols is 1. The topological polar surface area (TPSA) is 161 Å². The molecular weight excluding hydrogens is 472 g/mol. The molecule has 3 aliphatic rings. The van der Waals surface area contributed by atoms with E-state index >= 15 is 0 Å². The number of hydrogen-bond acceptors (Lipinski definition) is 8. The van der Waals surface area contributed by atoms with E-state index in [1.165, 1.54) is 11.0 Å². The smallest absolute Gasteiger partial charge is 0.255 e. The van der Waals surface area contributed by atoms with E-state index in [1.54, 1.807) is 20.2 Å². The molecule has 31 heavy (non-hydrogen) atoms. The Morgan fingerprint density at radius 3 is 2.45 bits per heavy atom. The van der Waals surface area contributed by atoms with Gasteiger partial charge in [-0.2, -0.15) is 0 Å². The summed E-state index contributed by atoms with van der Waals surface area (Å²) >= 11 is 3.29. The van der Waals surface area contributed by atoms with Gasteiger partial charge in [-0.25, -0.2) is 0 Å². The van der Waals surface area contributed by atoms with Crippen LogP contribution in [0.5, 0.6) is 5.75 Å². The Balaban J connectivity index is 1.98. The average Bonchev–Trinajstić information content (AvgIpc) is 2.63. The third kappa shape index (κ3) is 2.78. The lowest BCUT2D eigenvalue weighted by Gasteiger charge is -2.50. The van der Waals surface area contributed by atoms with Crippen LogP contribution in [0.15, 0.2) is 33.5 Å². The van der Waals surface area contributed by atoms with Gasteiger partial charge in [0.1, 0.15) is 22.8 Å². The Hall–Kier alpha value is -2.69. The van der Waals surface area contributed by atoms with E-state index in [4.69, 9.17) is 5.73 Å². The predicted molar refractivity (Wildman–Crippen MR) is 112 cm³/mol. The van der Waals surface area contributed by atoms with Crippen molar-refractivity contribution in [3.8, 4) is 5.75 Å². The van der Waals surface area contributed by atoms with Crippen LogP contribution in [0.1, 0.15) is 17.5 Å². The van der Waals surface area contributed by atoms with Crippen LogP contribution in [0.3, 0.4) is 0 Å². The van der Waals surface area contributed by atoms with E-state index in [1.807, 2.05) is 0 Å². The largest absolute Gasteiger partial charge is 0.508 e. The molecule has 0 aromatic heterocycles. The number of carbonyl (C=O) groups is 3. The number of aliphatic hydroxyl groups excluding tert-OH is 2. The molecule has 4 atom stereocenters. The highest BCUT2D eigenvalue weighted by molar-refractivity contribution is 9.10. The summed E-state index contributed by atoms with van der Waals surface area (Å²) in [4.78, 5) is 39.8. The maximum Gasteiger partial charge on any atom is 0.255 e. The summed E-state index contributed by atoms with van der Waals surface area (Å²) in [6.45, 7) is 0. The van der Waals surface area contributed by atoms with Gasteiger partial charge in [-0.1, -0.05) is 15.9 Å². The summed E-state index contributed by atoms with van der Waals surface area (Å²) in [5.74, 6) is -6.54. The highest BCUT2D eigenvalue weighted by Crippen LogP contribution is 2.52. The van der Waals surface area contributed by atoms with Crippen molar-refractivity contribution in [2.75, 3.05) is 14.1 Å². The predicted octanol–water partition coefficient (Wildman–Crippen LogP) is 0.726. The molecule has 9 nitrogen and oxygen atoms in total. The number of phenolic OH excluding ortho intramolecular Hbond substituents is 1. The molecule has 0 unspecified atom stereocenters. The van der Waals surface area contributed by atoms with Gasteiger partial charge in [0, 0.05) is 16.0 Å². The molecule has 164 valence electrons. The second-order valence-corrected chi connectivity index (χ2v) is 9.34. The number of benzene rings is 1. The van der Waals surface area contributed by atoms with E-state index in [2.05, 4.69) is 15.9 Å². The van der Waals surface area contributed by atoms with Crippen LogP contribution >= 0.6 is 15.9 Å². The van der Waals surface area contributed by atoms with Crippen LogP contribution in [0.25, 0.3) is 5.76 Å². The lowest BCUT2D eigenvalue weighted by atomic mass is 9.57. The standard InChI is InChI=1S/C21H21BrN2O7/c1-24(2)15-10-5-8-3-7-4-9(22)6-11(25)12(7)16(26)13(8)18(28)21(10,31)19(29)14(17(15)27)20(23)30/h4,6,8,10,15,25-26,29,31H,3,5H2,1-2H3,(H2,23,30)/t8-,10-,15-,21-/m0/s1. The van der Waals surface area contributed by atoms with E-state index < -0.39 is 58.0 Å². The first-order valence-electron chi connectivity index (χ1n) is 9.57. The second-order valence-electron chi connectivity index (χ2n) is 8.42. The number of nitrogens with zero attached hydrogens (tertiary/aromatic N) is 1. The van der Waals surface area contributed by atoms with Crippen molar-refractivity contribution < 1.29 is 34.8 Å². The molecule has 0 aliphatic heterocycles. The highest BCUT2D eigenvalue weighted by Gasteiger charge is 2.64. The van der Waals surface area contributed by atoms with Gasteiger partial charge in [-0.15, -0.1) is 0 Å². The van der Waals surface area contributed by atoms with Gasteiger partial charge >= 0.3 is 0 Å². The molecule has 10 heteroatoms. The van der Waals surface area contributed by atoms with Crippen LogP contribution in [0.2, 0.25) is 0 Å². The molecule has 4 rings (SSSR count). The first-order valence-corrected chi connectivity index (χ1v) is 10.4. The number of nitrogens with two attached hydrogens (primary N) is 1. The molecule has 6 N–H and O–H groups in total. The Kier molecular flexibility index (Phi) is 4.80. The van der Waals surface area contributed by atoms with Crippen LogP contribution in [-0.2, 0) is 20.8 Å². The molecule has 0 bridgehead atoms. The van der Waals surface area contributed by atoms with Gasteiger partial charge in [-0.05, 0) is 50.6 Å². The summed E-state index contributed by atoms with van der Waals surface area (Å²) in [5.41, 5.74) is 2.34. The molecule has 1 fully saturated rings. The zero-order chi connectivity index (χ0) is 23.0. The lowest BCUT2D eigenvalue weighted by molar-refractivity contribution is -0.153. The summed E-state index contributed by atoms with van der Waals surface area (Å²) in [6, 6.07) is 1.99. The number of likely N-dealkylation sites (N-methyl/N-ethyl adjacent to an activating group) is 1. The number of primary amides is 1. The first-order chi connectivity index (χ1) is 14.4. The van der Waals surface area contributed by atoms with E-state index in [9.17, 15) is 34.8 Å². The molecule has 0 spiro atoms. The summed E-state index contributed by atoms with van der Waals surface area (Å²) < 4.78 is 0.587. The van der Waals surface area contributed by atoms with Crippen molar-refractivity contribution in [2.24, 2.45) is 17.6 Å². The normalized spacial score (nSPS) is 30.3. The molecule has 0 radical (unpaired) electrons. The fourth-order valence-corrected chi connectivity index (χ4v) is 5.73. The number of ketones is 2. The molecule has 1 amide bonds. The maximum atomic E-state index is 13.5. The molecule has 1 aromatic rings. The fourth-order valence-electron chi connectivity index (χ4n) is 5.23. The van der Waals surface area contributed by atoms with Gasteiger partial charge in [0.25, 0.3) is 5.91 Å². The number of hydrogen-bond donors (Lipinski definition) is 5. The van der Waals surface area contributed by atoms with E-state index in [0.717, 1.165) is 0 Å². The van der Waals surface area contributed by atoms with Crippen LogP contribution in [0.4, 0.5) is 0 Å². The minimum Gasteiger partial charge on any atom is -0.508 e. The average molecular weight is 493 g/mol. The number of carbonyl (C=O) groups excluding carboxylic acids is 3. The van der Waals surface area contributed by atoms with Crippen molar-refractivity contribution in [2.45, 2.75) is 24.5 Å². The zero-order valence-corrected chi connectivity index (χ0v) is 18.3. The first kappa shape index (κ1) is 21.5. The Morgan fingerprint density at radius 2 is 1.87 bits per heavy atom. The maximum absolute atomic E-state index is 13.5.